The lowest BCUT2D eigenvalue weighted by atomic mass is 10.1. The largest absolute Gasteiger partial charge is 0.338 e. The van der Waals surface area contributed by atoms with Crippen LogP contribution in [0.25, 0.3) is 11.4 Å². The zero-order chi connectivity index (χ0) is 21.2. The second-order valence-electron chi connectivity index (χ2n) is 6.92. The molecule has 0 unspecified atom stereocenters. The first-order valence-corrected chi connectivity index (χ1v) is 9.94. The summed E-state index contributed by atoms with van der Waals surface area (Å²) in [5, 5.41) is 20.5. The van der Waals surface area contributed by atoms with Crippen molar-refractivity contribution >= 4 is 11.7 Å². The molecular weight excluding hydrogens is 385 g/mol. The van der Waals surface area contributed by atoms with Crippen LogP contribution in [0.1, 0.15) is 18.4 Å². The van der Waals surface area contributed by atoms with Crippen LogP contribution in [-0.4, -0.2) is 45.9 Å². The molecule has 0 radical (unpaired) electrons. The van der Waals surface area contributed by atoms with E-state index >= 15 is 0 Å². The van der Waals surface area contributed by atoms with E-state index in [1.807, 2.05) is 24.3 Å². The molecule has 0 bridgehead atoms. The molecule has 8 nitrogen and oxygen atoms in total. The number of aromatic nitrogens is 4. The summed E-state index contributed by atoms with van der Waals surface area (Å²) in [6, 6.07) is 13.7. The van der Waals surface area contributed by atoms with Gasteiger partial charge in [-0.05, 0) is 72.6 Å². The van der Waals surface area contributed by atoms with Crippen LogP contribution in [0.5, 0.6) is 0 Å². The third-order valence-corrected chi connectivity index (χ3v) is 4.57. The Morgan fingerprint density at radius 2 is 1.87 bits per heavy atom. The summed E-state index contributed by atoms with van der Waals surface area (Å²) in [6.45, 7) is 2.31. The molecule has 3 N–H and O–H groups in total. The van der Waals surface area contributed by atoms with Gasteiger partial charge >= 0.3 is 6.03 Å². The first-order valence-electron chi connectivity index (χ1n) is 9.94. The summed E-state index contributed by atoms with van der Waals surface area (Å²) >= 11 is 0. The highest BCUT2D eigenvalue weighted by molar-refractivity contribution is 5.89. The second-order valence-corrected chi connectivity index (χ2v) is 6.92. The van der Waals surface area contributed by atoms with Gasteiger partial charge in [-0.25, -0.2) is 13.9 Å². The van der Waals surface area contributed by atoms with E-state index in [1.54, 1.807) is 23.9 Å². The van der Waals surface area contributed by atoms with Crippen LogP contribution in [0.4, 0.5) is 14.9 Å². The Morgan fingerprint density at radius 3 is 2.63 bits per heavy atom. The minimum atomic E-state index is -0.243. The van der Waals surface area contributed by atoms with Crippen molar-refractivity contribution in [1.82, 2.24) is 30.8 Å². The predicted molar refractivity (Wildman–Crippen MR) is 113 cm³/mol. The number of urea groups is 1. The van der Waals surface area contributed by atoms with Crippen molar-refractivity contribution in [2.45, 2.75) is 19.3 Å². The summed E-state index contributed by atoms with van der Waals surface area (Å²) < 4.78 is 14.4. The molecule has 0 saturated carbocycles. The maximum Gasteiger partial charge on any atom is 0.319 e. The molecule has 1 heterocycles. The highest BCUT2D eigenvalue weighted by Gasteiger charge is 2.07. The molecule has 30 heavy (non-hydrogen) atoms. The molecule has 1 aromatic heterocycles. The lowest BCUT2D eigenvalue weighted by Gasteiger charge is -2.09. The van der Waals surface area contributed by atoms with Crippen LogP contribution in [-0.2, 0) is 13.5 Å². The zero-order valence-corrected chi connectivity index (χ0v) is 16.9. The normalized spacial score (nSPS) is 10.7. The van der Waals surface area contributed by atoms with Crippen LogP contribution >= 0.6 is 0 Å². The number of hydrogen-bond acceptors (Lipinski definition) is 5. The minimum absolute atomic E-state index is 0.210. The molecule has 3 rings (SSSR count). The average Bonchev–Trinajstić information content (AvgIpc) is 3.17. The van der Waals surface area contributed by atoms with Crippen LogP contribution in [0.3, 0.4) is 0 Å². The van der Waals surface area contributed by atoms with Crippen molar-refractivity contribution in [3.8, 4) is 11.4 Å². The first-order chi connectivity index (χ1) is 14.6. The Kier molecular flexibility index (Phi) is 7.85. The molecule has 0 aliphatic rings. The Bertz CT molecular complexity index is 943. The number of unbranched alkanes of at least 4 members (excludes halogenated alkanes) is 1. The molecule has 0 saturated heterocycles. The van der Waals surface area contributed by atoms with Gasteiger partial charge in [-0.3, -0.25) is 0 Å². The Hall–Kier alpha value is -3.33. The molecule has 2 amide bonds. The van der Waals surface area contributed by atoms with Crippen molar-refractivity contribution in [1.29, 1.82) is 0 Å². The number of aryl methyl sites for hydroxylation is 1. The molecular formula is C21H26FN7O. The zero-order valence-electron chi connectivity index (χ0n) is 16.9. The minimum Gasteiger partial charge on any atom is -0.338 e. The number of rotatable bonds is 10. The number of benzene rings is 2. The summed E-state index contributed by atoms with van der Waals surface area (Å²) in [6.07, 6.45) is 2.70. The smallest absolute Gasteiger partial charge is 0.319 e. The number of anilines is 1. The lowest BCUT2D eigenvalue weighted by Crippen LogP contribution is -2.30. The number of carbonyl (C=O) groups is 1. The highest BCUT2D eigenvalue weighted by atomic mass is 19.1. The quantitative estimate of drug-likeness (QED) is 0.446. The van der Waals surface area contributed by atoms with Gasteiger partial charge in [0.25, 0.3) is 0 Å². The van der Waals surface area contributed by atoms with E-state index in [0.717, 1.165) is 43.5 Å². The van der Waals surface area contributed by atoms with Crippen LogP contribution < -0.4 is 16.0 Å². The van der Waals surface area contributed by atoms with Gasteiger partial charge < -0.3 is 16.0 Å². The second kappa shape index (κ2) is 11.0. The highest BCUT2D eigenvalue weighted by Crippen LogP contribution is 2.19. The van der Waals surface area contributed by atoms with Crippen molar-refractivity contribution < 1.29 is 9.18 Å². The van der Waals surface area contributed by atoms with E-state index in [2.05, 4.69) is 31.5 Å². The third kappa shape index (κ3) is 6.63. The van der Waals surface area contributed by atoms with Gasteiger partial charge in [-0.15, -0.1) is 5.10 Å². The Balaban J connectivity index is 1.28. The van der Waals surface area contributed by atoms with E-state index < -0.39 is 0 Å². The Labute approximate surface area is 174 Å². The molecule has 0 atom stereocenters. The fraction of sp³-hybridized carbons (Fsp3) is 0.333. The maximum absolute atomic E-state index is 12.9. The SMILES string of the molecule is Cn1nnnc1-c1cccc(NC(=O)NCCCCNCCc2ccc(F)cc2)c1. The summed E-state index contributed by atoms with van der Waals surface area (Å²) in [5.74, 6) is 0.421. The van der Waals surface area contributed by atoms with Crippen molar-refractivity contribution in [2.75, 3.05) is 25.0 Å². The maximum atomic E-state index is 12.9. The van der Waals surface area contributed by atoms with Crippen LogP contribution in [0.2, 0.25) is 0 Å². The average molecular weight is 411 g/mol. The van der Waals surface area contributed by atoms with Gasteiger partial charge in [-0.2, -0.15) is 0 Å². The number of nitrogens with one attached hydrogen (secondary N) is 3. The van der Waals surface area contributed by atoms with Gasteiger partial charge in [0.15, 0.2) is 5.82 Å². The van der Waals surface area contributed by atoms with Gasteiger partial charge in [0, 0.05) is 24.8 Å². The monoisotopic (exact) mass is 411 g/mol. The van der Waals surface area contributed by atoms with Gasteiger partial charge in [0.2, 0.25) is 0 Å². The number of nitrogens with zero attached hydrogens (tertiary/aromatic N) is 4. The molecule has 3 aromatic rings. The molecule has 0 spiro atoms. The topological polar surface area (TPSA) is 96.8 Å². The molecule has 0 aliphatic heterocycles. The third-order valence-electron chi connectivity index (χ3n) is 4.57. The predicted octanol–water partition coefficient (Wildman–Crippen LogP) is 2.75. The summed E-state index contributed by atoms with van der Waals surface area (Å²) in [4.78, 5) is 12.1. The van der Waals surface area contributed by atoms with Crippen LogP contribution in [0.15, 0.2) is 48.5 Å². The lowest BCUT2D eigenvalue weighted by molar-refractivity contribution is 0.252. The molecule has 158 valence electrons. The van der Waals surface area contributed by atoms with E-state index in [1.165, 1.54) is 12.1 Å². The van der Waals surface area contributed by atoms with Crippen LogP contribution in [0, 0.1) is 5.82 Å². The summed E-state index contributed by atoms with van der Waals surface area (Å²) in [5.41, 5.74) is 2.62. The number of carbonyl (C=O) groups excluding carboxylic acids is 1. The fourth-order valence-electron chi connectivity index (χ4n) is 2.97. The van der Waals surface area contributed by atoms with Gasteiger partial charge in [0.1, 0.15) is 5.82 Å². The Morgan fingerprint density at radius 1 is 1.07 bits per heavy atom. The van der Waals surface area contributed by atoms with E-state index in [4.69, 9.17) is 0 Å². The fourth-order valence-corrected chi connectivity index (χ4v) is 2.97. The molecule has 9 heteroatoms. The van der Waals surface area contributed by atoms with Crippen molar-refractivity contribution in [3.63, 3.8) is 0 Å². The van der Waals surface area contributed by atoms with Gasteiger partial charge in [0.05, 0.1) is 0 Å². The number of halogens is 1. The number of amides is 2. The molecule has 2 aromatic carbocycles. The molecule has 0 fully saturated rings. The number of hydrogen-bond donors (Lipinski definition) is 3. The standard InChI is InChI=1S/C21H26FN7O/c1-29-20(26-27-28-29)17-5-4-6-19(15-17)25-21(30)24-13-3-2-12-23-14-11-16-7-9-18(22)10-8-16/h4-10,15,23H,2-3,11-14H2,1H3,(H2,24,25,30). The first kappa shape index (κ1) is 21.4. The summed E-state index contributed by atoms with van der Waals surface area (Å²) in [7, 11) is 1.76. The van der Waals surface area contributed by atoms with E-state index in [0.29, 0.717) is 18.1 Å². The van der Waals surface area contributed by atoms with E-state index in [-0.39, 0.29) is 11.8 Å². The molecule has 0 aliphatic carbocycles. The van der Waals surface area contributed by atoms with Gasteiger partial charge in [-0.1, -0.05) is 24.3 Å². The van der Waals surface area contributed by atoms with Crippen molar-refractivity contribution in [2.24, 2.45) is 7.05 Å². The number of tetrazole rings is 1. The van der Waals surface area contributed by atoms with E-state index in [9.17, 15) is 9.18 Å². The van der Waals surface area contributed by atoms with Crippen molar-refractivity contribution in [3.05, 3.63) is 59.9 Å².